The number of ether oxygens (including phenoxy) is 1. The third kappa shape index (κ3) is 2.66. The van der Waals surface area contributed by atoms with Gasteiger partial charge in [0.2, 0.25) is 0 Å². The van der Waals surface area contributed by atoms with Crippen molar-refractivity contribution in [1.29, 1.82) is 0 Å². The summed E-state index contributed by atoms with van der Waals surface area (Å²) in [7, 11) is 0. The maximum atomic E-state index is 10.9. The molecule has 0 saturated carbocycles. The molecule has 3 heteroatoms. The summed E-state index contributed by atoms with van der Waals surface area (Å²) in [5, 5.41) is 0.428. The van der Waals surface area contributed by atoms with Gasteiger partial charge in [0.25, 0.3) is 0 Å². The highest BCUT2D eigenvalue weighted by atomic mass is 32.2. The Balaban J connectivity index is 1.64. The lowest BCUT2D eigenvalue weighted by atomic mass is 10.1. The Labute approximate surface area is 116 Å². The predicted molar refractivity (Wildman–Crippen MR) is 77.1 cm³/mol. The number of aldehydes is 1. The van der Waals surface area contributed by atoms with Crippen LogP contribution in [0.3, 0.4) is 0 Å². The van der Waals surface area contributed by atoms with E-state index in [1.54, 1.807) is 6.07 Å². The molecule has 0 spiro atoms. The monoisotopic (exact) mass is 270 g/mol. The van der Waals surface area contributed by atoms with Gasteiger partial charge in [-0.25, -0.2) is 0 Å². The Hall–Kier alpha value is -1.74. The van der Waals surface area contributed by atoms with E-state index in [2.05, 4.69) is 24.3 Å². The summed E-state index contributed by atoms with van der Waals surface area (Å²) in [6.07, 6.45) is 1.87. The molecule has 0 aliphatic carbocycles. The van der Waals surface area contributed by atoms with E-state index in [1.807, 2.05) is 30.0 Å². The Morgan fingerprint density at radius 3 is 2.79 bits per heavy atom. The molecule has 1 unspecified atom stereocenters. The van der Waals surface area contributed by atoms with Gasteiger partial charge in [-0.05, 0) is 30.2 Å². The van der Waals surface area contributed by atoms with E-state index in [4.69, 9.17) is 4.74 Å². The summed E-state index contributed by atoms with van der Waals surface area (Å²) in [5.41, 5.74) is 2.01. The van der Waals surface area contributed by atoms with Crippen LogP contribution in [0.25, 0.3) is 0 Å². The molecular formula is C16H14O2S. The molecule has 2 aromatic carbocycles. The number of rotatable bonds is 4. The van der Waals surface area contributed by atoms with E-state index in [1.165, 1.54) is 10.5 Å². The molecule has 19 heavy (non-hydrogen) atoms. The van der Waals surface area contributed by atoms with Crippen molar-refractivity contribution < 1.29 is 9.53 Å². The van der Waals surface area contributed by atoms with Crippen LogP contribution in [0.4, 0.5) is 0 Å². The van der Waals surface area contributed by atoms with Crippen LogP contribution in [0.5, 0.6) is 5.75 Å². The zero-order chi connectivity index (χ0) is 13.1. The largest absolute Gasteiger partial charge is 0.492 e. The van der Waals surface area contributed by atoms with E-state index in [9.17, 15) is 4.79 Å². The molecule has 3 rings (SSSR count). The highest BCUT2D eigenvalue weighted by molar-refractivity contribution is 8.00. The second-order valence-corrected chi connectivity index (χ2v) is 5.86. The molecule has 0 fully saturated rings. The van der Waals surface area contributed by atoms with Gasteiger partial charge in [-0.2, -0.15) is 0 Å². The van der Waals surface area contributed by atoms with Crippen molar-refractivity contribution in [1.82, 2.24) is 0 Å². The molecule has 2 aromatic rings. The molecule has 96 valence electrons. The van der Waals surface area contributed by atoms with Crippen LogP contribution in [0.15, 0.2) is 53.4 Å². The van der Waals surface area contributed by atoms with Crippen molar-refractivity contribution in [2.24, 2.45) is 0 Å². The Morgan fingerprint density at radius 2 is 1.95 bits per heavy atom. The average molecular weight is 270 g/mol. The summed E-state index contributed by atoms with van der Waals surface area (Å²) < 4.78 is 5.79. The Kier molecular flexibility index (Phi) is 3.56. The van der Waals surface area contributed by atoms with Gasteiger partial charge in [0.1, 0.15) is 12.4 Å². The lowest BCUT2D eigenvalue weighted by Crippen LogP contribution is -2.14. The van der Waals surface area contributed by atoms with Crippen LogP contribution in [-0.4, -0.2) is 18.1 Å². The standard InChI is InChI=1S/C16H14O2S/c17-10-13-6-1-3-7-15(13)18-11-14-9-12-5-2-4-8-16(12)19-14/h1-8,10,14H,9,11H2. The van der Waals surface area contributed by atoms with Gasteiger partial charge >= 0.3 is 0 Å². The minimum absolute atomic E-state index is 0.428. The normalized spacial score (nSPS) is 16.9. The second kappa shape index (κ2) is 5.49. The fraction of sp³-hybridized carbons (Fsp3) is 0.188. The zero-order valence-corrected chi connectivity index (χ0v) is 11.2. The predicted octanol–water partition coefficient (Wildman–Crippen LogP) is 3.59. The van der Waals surface area contributed by atoms with E-state index in [0.29, 0.717) is 23.2 Å². The zero-order valence-electron chi connectivity index (χ0n) is 10.4. The lowest BCUT2D eigenvalue weighted by Gasteiger charge is -2.12. The van der Waals surface area contributed by atoms with Crippen molar-refractivity contribution in [3.05, 3.63) is 59.7 Å². The first-order valence-corrected chi connectivity index (χ1v) is 7.16. The Bertz CT molecular complexity index is 570. The van der Waals surface area contributed by atoms with Crippen molar-refractivity contribution in [3.63, 3.8) is 0 Å². The molecule has 1 aliphatic rings. The minimum atomic E-state index is 0.428. The van der Waals surface area contributed by atoms with Crippen LogP contribution in [0.2, 0.25) is 0 Å². The van der Waals surface area contributed by atoms with E-state index < -0.39 is 0 Å². The second-order valence-electron chi connectivity index (χ2n) is 4.52. The molecule has 1 heterocycles. The van der Waals surface area contributed by atoms with Gasteiger partial charge < -0.3 is 4.74 Å². The van der Waals surface area contributed by atoms with E-state index >= 15 is 0 Å². The van der Waals surface area contributed by atoms with Crippen molar-refractivity contribution in [2.75, 3.05) is 6.61 Å². The molecule has 0 N–H and O–H groups in total. The third-order valence-electron chi connectivity index (χ3n) is 3.18. The first-order chi connectivity index (χ1) is 9.36. The minimum Gasteiger partial charge on any atom is -0.492 e. The fourth-order valence-corrected chi connectivity index (χ4v) is 3.46. The van der Waals surface area contributed by atoms with E-state index in [0.717, 1.165) is 12.7 Å². The van der Waals surface area contributed by atoms with Crippen LogP contribution < -0.4 is 4.74 Å². The molecule has 0 bridgehead atoms. The number of hydrogen-bond acceptors (Lipinski definition) is 3. The number of carbonyl (C=O) groups is 1. The molecular weight excluding hydrogens is 256 g/mol. The highest BCUT2D eigenvalue weighted by Crippen LogP contribution is 2.37. The van der Waals surface area contributed by atoms with Gasteiger partial charge in [0.05, 0.1) is 5.56 Å². The van der Waals surface area contributed by atoms with Gasteiger partial charge in [0, 0.05) is 10.1 Å². The Morgan fingerprint density at radius 1 is 1.16 bits per heavy atom. The number of para-hydroxylation sites is 1. The maximum absolute atomic E-state index is 10.9. The first kappa shape index (κ1) is 12.3. The van der Waals surface area contributed by atoms with Crippen LogP contribution in [-0.2, 0) is 6.42 Å². The molecule has 1 atom stereocenters. The number of thioether (sulfide) groups is 1. The summed E-state index contributed by atoms with van der Waals surface area (Å²) in [6, 6.07) is 15.8. The smallest absolute Gasteiger partial charge is 0.153 e. The molecule has 0 saturated heterocycles. The number of benzene rings is 2. The van der Waals surface area contributed by atoms with Crippen molar-refractivity contribution in [2.45, 2.75) is 16.6 Å². The molecule has 0 amide bonds. The number of hydrogen-bond donors (Lipinski definition) is 0. The maximum Gasteiger partial charge on any atom is 0.153 e. The van der Waals surface area contributed by atoms with Crippen LogP contribution >= 0.6 is 11.8 Å². The quantitative estimate of drug-likeness (QED) is 0.794. The van der Waals surface area contributed by atoms with Crippen molar-refractivity contribution >= 4 is 18.0 Å². The topological polar surface area (TPSA) is 26.3 Å². The number of carbonyl (C=O) groups excluding carboxylic acids is 1. The van der Waals surface area contributed by atoms with Crippen LogP contribution in [0, 0.1) is 0 Å². The lowest BCUT2D eigenvalue weighted by molar-refractivity contribution is 0.111. The summed E-state index contributed by atoms with van der Waals surface area (Å²) in [6.45, 7) is 0.629. The SMILES string of the molecule is O=Cc1ccccc1OCC1Cc2ccccc2S1. The van der Waals surface area contributed by atoms with Gasteiger partial charge in [-0.15, -0.1) is 11.8 Å². The highest BCUT2D eigenvalue weighted by Gasteiger charge is 2.22. The van der Waals surface area contributed by atoms with Gasteiger partial charge in [-0.1, -0.05) is 30.3 Å². The first-order valence-electron chi connectivity index (χ1n) is 6.28. The molecule has 1 aliphatic heterocycles. The number of fused-ring (bicyclic) bond motifs is 1. The van der Waals surface area contributed by atoms with Gasteiger partial charge in [-0.3, -0.25) is 4.79 Å². The molecule has 0 radical (unpaired) electrons. The van der Waals surface area contributed by atoms with E-state index in [-0.39, 0.29) is 0 Å². The molecule has 0 aromatic heterocycles. The molecule has 2 nitrogen and oxygen atoms in total. The summed E-state index contributed by atoms with van der Waals surface area (Å²) in [5.74, 6) is 0.675. The van der Waals surface area contributed by atoms with Crippen LogP contribution in [0.1, 0.15) is 15.9 Å². The van der Waals surface area contributed by atoms with Gasteiger partial charge in [0.15, 0.2) is 6.29 Å². The summed E-state index contributed by atoms with van der Waals surface area (Å²) in [4.78, 5) is 12.3. The third-order valence-corrected chi connectivity index (χ3v) is 4.47. The van der Waals surface area contributed by atoms with Crippen molar-refractivity contribution in [3.8, 4) is 5.75 Å². The average Bonchev–Trinajstić information content (AvgIpc) is 2.88. The summed E-state index contributed by atoms with van der Waals surface area (Å²) >= 11 is 1.86. The fourth-order valence-electron chi connectivity index (χ4n) is 2.24.